The summed E-state index contributed by atoms with van der Waals surface area (Å²) in [5, 5.41) is 9.01. The largest absolute Gasteiger partial charge is 0.270 e. The molecule has 0 fully saturated rings. The van der Waals surface area contributed by atoms with Crippen molar-refractivity contribution in [1.29, 1.82) is 0 Å². The Morgan fingerprint density at radius 2 is 2.56 bits per heavy atom. The van der Waals surface area contributed by atoms with Crippen molar-refractivity contribution in [2.75, 3.05) is 0 Å². The maximum atomic E-state index is 4.06. The van der Waals surface area contributed by atoms with Crippen LogP contribution in [0, 0.1) is 3.70 Å². The zero-order valence-electron chi connectivity index (χ0n) is 4.39. The number of hydrogen-bond acceptors (Lipinski definition) is 2. The molecule has 2 aromatic rings. The topological polar surface area (TPSA) is 28.7 Å². The van der Waals surface area contributed by atoms with Crippen molar-refractivity contribution in [2.24, 2.45) is 0 Å². The van der Waals surface area contributed by atoms with Crippen molar-refractivity contribution in [1.82, 2.24) is 10.2 Å². The van der Waals surface area contributed by atoms with E-state index in [0.29, 0.717) is 0 Å². The molecule has 0 atom stereocenters. The molecule has 0 unspecified atom stereocenters. The van der Waals surface area contributed by atoms with Crippen molar-refractivity contribution in [2.45, 2.75) is 0 Å². The summed E-state index contributed by atoms with van der Waals surface area (Å²) < 4.78 is 2.40. The number of nitrogens with one attached hydrogen (secondary N) is 1. The monoisotopic (exact) mass is 250 g/mol. The first-order chi connectivity index (χ1) is 4.38. The lowest BCUT2D eigenvalue weighted by molar-refractivity contribution is 1.09. The Labute approximate surface area is 69.4 Å². The molecular weight excluding hydrogens is 247 g/mol. The molecule has 0 aromatic carbocycles. The number of thiophene rings is 1. The fraction of sp³-hybridized carbons (Fsp3) is 0. The summed E-state index contributed by atoms with van der Waals surface area (Å²) in [7, 11) is 0. The van der Waals surface area contributed by atoms with E-state index in [1.807, 2.05) is 11.4 Å². The van der Waals surface area contributed by atoms with Crippen molar-refractivity contribution in [3.05, 3.63) is 15.1 Å². The summed E-state index contributed by atoms with van der Waals surface area (Å²) in [6.45, 7) is 0. The maximum Gasteiger partial charge on any atom is 0.113 e. The molecule has 0 bridgehead atoms. The molecule has 0 saturated heterocycles. The fourth-order valence-corrected chi connectivity index (χ4v) is 2.21. The summed E-state index contributed by atoms with van der Waals surface area (Å²) in [6, 6.07) is 2.01. The van der Waals surface area contributed by atoms with E-state index in [-0.39, 0.29) is 0 Å². The number of aromatic amines is 1. The van der Waals surface area contributed by atoms with Crippen LogP contribution in [0.25, 0.3) is 10.2 Å². The van der Waals surface area contributed by atoms with Crippen LogP contribution in [0.4, 0.5) is 0 Å². The van der Waals surface area contributed by atoms with Crippen molar-refractivity contribution in [3.63, 3.8) is 0 Å². The Kier molecular flexibility index (Phi) is 1.23. The van der Waals surface area contributed by atoms with Crippen molar-refractivity contribution < 1.29 is 0 Å². The molecule has 0 spiro atoms. The Morgan fingerprint density at radius 1 is 1.67 bits per heavy atom. The molecule has 2 nitrogen and oxygen atoms in total. The van der Waals surface area contributed by atoms with Crippen LogP contribution in [0.15, 0.2) is 11.4 Å². The van der Waals surface area contributed by atoms with Crippen LogP contribution in [0.3, 0.4) is 0 Å². The van der Waals surface area contributed by atoms with E-state index in [9.17, 15) is 0 Å². The number of rotatable bonds is 0. The van der Waals surface area contributed by atoms with Gasteiger partial charge in [-0.1, -0.05) is 0 Å². The molecule has 46 valence electrons. The van der Waals surface area contributed by atoms with E-state index in [1.54, 1.807) is 11.3 Å². The van der Waals surface area contributed by atoms with Crippen LogP contribution in [0.2, 0.25) is 0 Å². The van der Waals surface area contributed by atoms with Gasteiger partial charge < -0.3 is 0 Å². The lowest BCUT2D eigenvalue weighted by Gasteiger charge is -1.72. The molecule has 4 heteroatoms. The standard InChI is InChI=1S/C5H3IN2S/c6-5-4-3(7-8-5)1-2-9-4/h1-2H,(H,7,8). The summed E-state index contributed by atoms with van der Waals surface area (Å²) in [4.78, 5) is 0. The molecule has 2 aromatic heterocycles. The molecule has 2 rings (SSSR count). The summed E-state index contributed by atoms with van der Waals surface area (Å²) in [5.41, 5.74) is 1.07. The highest BCUT2D eigenvalue weighted by molar-refractivity contribution is 14.1. The van der Waals surface area contributed by atoms with Gasteiger partial charge in [0.15, 0.2) is 0 Å². The van der Waals surface area contributed by atoms with Crippen LogP contribution >= 0.6 is 33.9 Å². The maximum absolute atomic E-state index is 4.06. The molecule has 0 saturated carbocycles. The second-order valence-corrected chi connectivity index (χ2v) is 3.67. The SMILES string of the molecule is Ic1[nH]nc2ccsc12. The lowest BCUT2D eigenvalue weighted by Crippen LogP contribution is -1.66. The van der Waals surface area contributed by atoms with Crippen molar-refractivity contribution in [3.8, 4) is 0 Å². The number of nitrogens with zero attached hydrogens (tertiary/aromatic N) is 1. The molecule has 0 aliphatic rings. The van der Waals surface area contributed by atoms with Gasteiger partial charge in [0.2, 0.25) is 0 Å². The number of fused-ring (bicyclic) bond motifs is 1. The number of H-pyrrole nitrogens is 1. The van der Waals surface area contributed by atoms with E-state index < -0.39 is 0 Å². The fourth-order valence-electron chi connectivity index (χ4n) is 0.715. The second-order valence-electron chi connectivity index (χ2n) is 1.67. The minimum absolute atomic E-state index is 1.07. The quantitative estimate of drug-likeness (QED) is 0.713. The van der Waals surface area contributed by atoms with Gasteiger partial charge in [-0.2, -0.15) is 5.10 Å². The zero-order valence-corrected chi connectivity index (χ0v) is 7.36. The van der Waals surface area contributed by atoms with Gasteiger partial charge in [-0.3, -0.25) is 5.10 Å². The highest BCUT2D eigenvalue weighted by Gasteiger charge is 2.00. The van der Waals surface area contributed by atoms with E-state index in [0.717, 1.165) is 9.22 Å². The smallest absolute Gasteiger partial charge is 0.113 e. The first kappa shape index (κ1) is 5.67. The Bertz CT molecular complexity index is 324. The lowest BCUT2D eigenvalue weighted by atomic mass is 10.5. The number of halogens is 1. The third-order valence-electron chi connectivity index (χ3n) is 1.12. The normalized spacial score (nSPS) is 10.8. The van der Waals surface area contributed by atoms with Gasteiger partial charge in [0.1, 0.15) is 9.22 Å². The molecule has 0 aliphatic heterocycles. The highest BCUT2D eigenvalue weighted by Crippen LogP contribution is 2.22. The molecule has 1 N–H and O–H groups in total. The van der Waals surface area contributed by atoms with Gasteiger partial charge >= 0.3 is 0 Å². The number of hydrogen-bond donors (Lipinski definition) is 1. The Balaban J connectivity index is 2.99. The van der Waals surface area contributed by atoms with Gasteiger partial charge in [0.25, 0.3) is 0 Å². The molecule has 0 aliphatic carbocycles. The van der Waals surface area contributed by atoms with E-state index in [2.05, 4.69) is 32.8 Å². The van der Waals surface area contributed by atoms with Gasteiger partial charge in [0, 0.05) is 0 Å². The Hall–Kier alpha value is -0.100. The van der Waals surface area contributed by atoms with Crippen LogP contribution in [-0.4, -0.2) is 10.2 Å². The highest BCUT2D eigenvalue weighted by atomic mass is 127. The molecule has 2 heterocycles. The predicted molar refractivity (Wildman–Crippen MR) is 46.7 cm³/mol. The summed E-state index contributed by atoms with van der Waals surface area (Å²) in [5.74, 6) is 0. The second kappa shape index (κ2) is 1.95. The molecule has 0 amide bonds. The minimum atomic E-state index is 1.07. The summed E-state index contributed by atoms with van der Waals surface area (Å²) in [6.07, 6.45) is 0. The van der Waals surface area contributed by atoms with Gasteiger partial charge in [-0.05, 0) is 34.0 Å². The van der Waals surface area contributed by atoms with Crippen LogP contribution < -0.4 is 0 Å². The van der Waals surface area contributed by atoms with Gasteiger partial charge in [0.05, 0.1) is 4.70 Å². The zero-order chi connectivity index (χ0) is 6.27. The van der Waals surface area contributed by atoms with Gasteiger partial charge in [-0.25, -0.2) is 0 Å². The van der Waals surface area contributed by atoms with E-state index in [4.69, 9.17) is 0 Å². The first-order valence-corrected chi connectivity index (χ1v) is 4.41. The van der Waals surface area contributed by atoms with Crippen LogP contribution in [0.5, 0.6) is 0 Å². The van der Waals surface area contributed by atoms with Crippen molar-refractivity contribution >= 4 is 44.1 Å². The average molecular weight is 250 g/mol. The average Bonchev–Trinajstić information content (AvgIpc) is 2.35. The summed E-state index contributed by atoms with van der Waals surface area (Å²) >= 11 is 3.96. The van der Waals surface area contributed by atoms with Gasteiger partial charge in [-0.15, -0.1) is 11.3 Å². The third kappa shape index (κ3) is 0.770. The minimum Gasteiger partial charge on any atom is -0.270 e. The first-order valence-electron chi connectivity index (χ1n) is 2.45. The van der Waals surface area contributed by atoms with E-state index in [1.165, 1.54) is 4.70 Å². The predicted octanol–water partition coefficient (Wildman–Crippen LogP) is 2.23. The molecule has 0 radical (unpaired) electrons. The molecular formula is C5H3IN2S. The van der Waals surface area contributed by atoms with E-state index >= 15 is 0 Å². The third-order valence-corrected chi connectivity index (χ3v) is 3.19. The number of aromatic nitrogens is 2. The Morgan fingerprint density at radius 3 is 3.33 bits per heavy atom. The van der Waals surface area contributed by atoms with Crippen LogP contribution in [0.1, 0.15) is 0 Å². The molecule has 9 heavy (non-hydrogen) atoms. The van der Waals surface area contributed by atoms with Crippen LogP contribution in [-0.2, 0) is 0 Å².